The van der Waals surface area contributed by atoms with Crippen molar-refractivity contribution in [2.24, 2.45) is 0 Å². The molecule has 0 heterocycles. The second kappa shape index (κ2) is 5.49. The van der Waals surface area contributed by atoms with Crippen molar-refractivity contribution in [3.8, 4) is 11.8 Å². The summed E-state index contributed by atoms with van der Waals surface area (Å²) in [7, 11) is 0. The summed E-state index contributed by atoms with van der Waals surface area (Å²) in [4.78, 5) is 0. The molecule has 0 bridgehead atoms. The summed E-state index contributed by atoms with van der Waals surface area (Å²) < 4.78 is 39.0. The van der Waals surface area contributed by atoms with Crippen LogP contribution >= 0.6 is 0 Å². The van der Waals surface area contributed by atoms with Crippen molar-refractivity contribution in [2.75, 3.05) is 0 Å². The van der Waals surface area contributed by atoms with E-state index in [1.165, 1.54) is 30.3 Å². The van der Waals surface area contributed by atoms with Crippen LogP contribution in [0.5, 0.6) is 5.75 Å². The Morgan fingerprint density at radius 3 is 2.10 bits per heavy atom. The van der Waals surface area contributed by atoms with Gasteiger partial charge in [-0.05, 0) is 53.6 Å². The molecule has 0 amide bonds. The zero-order valence-corrected chi connectivity index (χ0v) is 10.1. The fourth-order valence-corrected chi connectivity index (χ4v) is 1.65. The fourth-order valence-electron chi connectivity index (χ4n) is 1.65. The summed E-state index contributed by atoms with van der Waals surface area (Å²) in [5.41, 5.74) is 0.636. The van der Waals surface area contributed by atoms with Crippen LogP contribution in [0.25, 0.3) is 11.6 Å². The fraction of sp³-hybridized carbons (Fsp3) is 0. The molecule has 0 atom stereocenters. The van der Waals surface area contributed by atoms with E-state index in [0.717, 1.165) is 12.1 Å². The van der Waals surface area contributed by atoms with Crippen LogP contribution in [-0.2, 0) is 0 Å². The lowest BCUT2D eigenvalue weighted by Gasteiger charge is -2.02. The molecule has 0 fully saturated rings. The highest BCUT2D eigenvalue weighted by Gasteiger charge is 2.10. The molecular formula is C15H8F3NO. The molecule has 0 aromatic heterocycles. The predicted octanol–water partition coefficient (Wildman–Crippen LogP) is 3.87. The van der Waals surface area contributed by atoms with E-state index in [9.17, 15) is 13.2 Å². The molecule has 2 aromatic carbocycles. The van der Waals surface area contributed by atoms with Gasteiger partial charge < -0.3 is 5.11 Å². The van der Waals surface area contributed by atoms with Gasteiger partial charge in [-0.1, -0.05) is 0 Å². The van der Waals surface area contributed by atoms with Crippen molar-refractivity contribution >= 4 is 11.6 Å². The van der Waals surface area contributed by atoms with E-state index < -0.39 is 17.5 Å². The highest BCUT2D eigenvalue weighted by atomic mass is 19.2. The Morgan fingerprint density at radius 2 is 1.60 bits per heavy atom. The molecule has 0 saturated heterocycles. The third-order valence-electron chi connectivity index (χ3n) is 2.62. The van der Waals surface area contributed by atoms with Crippen LogP contribution in [-0.4, -0.2) is 5.11 Å². The molecule has 1 N–H and O–H groups in total. The van der Waals surface area contributed by atoms with Gasteiger partial charge in [0, 0.05) is 0 Å². The molecule has 2 nitrogen and oxygen atoms in total. The minimum Gasteiger partial charge on any atom is -0.508 e. The number of nitrogens with zero attached hydrogens (tertiary/aromatic N) is 1. The van der Waals surface area contributed by atoms with Gasteiger partial charge in [0.2, 0.25) is 0 Å². The molecule has 20 heavy (non-hydrogen) atoms. The maximum absolute atomic E-state index is 13.1. The molecule has 0 aliphatic heterocycles. The Morgan fingerprint density at radius 1 is 1.05 bits per heavy atom. The first-order valence-electron chi connectivity index (χ1n) is 5.57. The SMILES string of the molecule is N#C/C(=C\c1cc(F)c(F)c(F)c1)c1ccc(O)cc1. The van der Waals surface area contributed by atoms with Crippen LogP contribution < -0.4 is 0 Å². The van der Waals surface area contributed by atoms with Crippen molar-refractivity contribution in [1.29, 1.82) is 5.26 Å². The van der Waals surface area contributed by atoms with E-state index in [1.54, 1.807) is 0 Å². The molecule has 2 aromatic rings. The zero-order chi connectivity index (χ0) is 14.7. The lowest BCUT2D eigenvalue weighted by atomic mass is 10.0. The molecule has 2 rings (SSSR count). The Bertz CT molecular complexity index is 692. The molecule has 0 aliphatic carbocycles. The van der Waals surface area contributed by atoms with Crippen LogP contribution in [0, 0.1) is 28.8 Å². The topological polar surface area (TPSA) is 44.0 Å². The minimum absolute atomic E-state index is 0.0323. The summed E-state index contributed by atoms with van der Waals surface area (Å²) in [6, 6.07) is 9.22. The van der Waals surface area contributed by atoms with Crippen molar-refractivity contribution in [2.45, 2.75) is 0 Å². The average molecular weight is 275 g/mol. The standard InChI is InChI=1S/C15H8F3NO/c16-13-6-9(7-14(17)15(13)18)5-11(8-19)10-1-3-12(20)4-2-10/h1-7,20H/b11-5+. The maximum Gasteiger partial charge on any atom is 0.194 e. The number of aromatic hydroxyl groups is 1. The molecule has 0 unspecified atom stereocenters. The average Bonchev–Trinajstić information content (AvgIpc) is 2.43. The Labute approximate surface area is 113 Å². The van der Waals surface area contributed by atoms with Gasteiger partial charge in [-0.15, -0.1) is 0 Å². The number of benzene rings is 2. The Hall–Kier alpha value is -2.74. The van der Waals surface area contributed by atoms with Gasteiger partial charge in [-0.2, -0.15) is 5.26 Å². The van der Waals surface area contributed by atoms with Crippen LogP contribution in [0.1, 0.15) is 11.1 Å². The second-order valence-corrected chi connectivity index (χ2v) is 4.02. The highest BCUT2D eigenvalue weighted by Crippen LogP contribution is 2.22. The number of hydrogen-bond acceptors (Lipinski definition) is 2. The predicted molar refractivity (Wildman–Crippen MR) is 67.9 cm³/mol. The van der Waals surface area contributed by atoms with Gasteiger partial charge >= 0.3 is 0 Å². The number of phenolic OH excluding ortho intramolecular Hbond substituents is 1. The monoisotopic (exact) mass is 275 g/mol. The molecule has 0 saturated carbocycles. The van der Waals surface area contributed by atoms with E-state index in [2.05, 4.69) is 0 Å². The first-order chi connectivity index (χ1) is 9.51. The van der Waals surface area contributed by atoms with Gasteiger partial charge in [0.1, 0.15) is 5.75 Å². The molecule has 0 radical (unpaired) electrons. The third kappa shape index (κ3) is 2.81. The van der Waals surface area contributed by atoms with Crippen LogP contribution in [0.15, 0.2) is 36.4 Å². The number of allylic oxidation sites excluding steroid dienone is 1. The number of halogens is 3. The number of hydrogen-bond donors (Lipinski definition) is 1. The van der Waals surface area contributed by atoms with Crippen LogP contribution in [0.4, 0.5) is 13.2 Å². The Kier molecular flexibility index (Phi) is 3.76. The Balaban J connectivity index is 2.47. The first kappa shape index (κ1) is 13.7. The highest BCUT2D eigenvalue weighted by molar-refractivity contribution is 5.89. The van der Waals surface area contributed by atoms with Gasteiger partial charge in [0.05, 0.1) is 11.6 Å². The van der Waals surface area contributed by atoms with Crippen molar-refractivity contribution in [1.82, 2.24) is 0 Å². The van der Waals surface area contributed by atoms with E-state index in [1.807, 2.05) is 6.07 Å². The number of rotatable bonds is 2. The van der Waals surface area contributed by atoms with E-state index in [0.29, 0.717) is 5.56 Å². The van der Waals surface area contributed by atoms with Gasteiger partial charge in [0.15, 0.2) is 17.5 Å². The van der Waals surface area contributed by atoms with E-state index >= 15 is 0 Å². The molecule has 5 heteroatoms. The van der Waals surface area contributed by atoms with Gasteiger partial charge in [-0.25, -0.2) is 13.2 Å². The van der Waals surface area contributed by atoms with Crippen molar-refractivity contribution < 1.29 is 18.3 Å². The number of phenols is 1. The van der Waals surface area contributed by atoms with E-state index in [4.69, 9.17) is 10.4 Å². The summed E-state index contributed by atoms with van der Waals surface area (Å²) in [6.07, 6.45) is 1.23. The van der Waals surface area contributed by atoms with Crippen LogP contribution in [0.2, 0.25) is 0 Å². The lowest BCUT2D eigenvalue weighted by Crippen LogP contribution is -1.92. The summed E-state index contributed by atoms with van der Waals surface area (Å²) in [5, 5.41) is 18.2. The molecule has 100 valence electrons. The van der Waals surface area contributed by atoms with Crippen LogP contribution in [0.3, 0.4) is 0 Å². The first-order valence-corrected chi connectivity index (χ1v) is 5.57. The molecular weight excluding hydrogens is 267 g/mol. The smallest absolute Gasteiger partial charge is 0.194 e. The molecule has 0 aliphatic rings. The quantitative estimate of drug-likeness (QED) is 0.513. The van der Waals surface area contributed by atoms with Gasteiger partial charge in [0.25, 0.3) is 0 Å². The maximum atomic E-state index is 13.1. The van der Waals surface area contributed by atoms with E-state index in [-0.39, 0.29) is 16.9 Å². The van der Waals surface area contributed by atoms with Gasteiger partial charge in [-0.3, -0.25) is 0 Å². The minimum atomic E-state index is -1.55. The zero-order valence-electron chi connectivity index (χ0n) is 10.1. The molecule has 0 spiro atoms. The summed E-state index contributed by atoms with van der Waals surface area (Å²) >= 11 is 0. The summed E-state index contributed by atoms with van der Waals surface area (Å²) in [5.74, 6) is -4.16. The number of nitriles is 1. The van der Waals surface area contributed by atoms with Crippen molar-refractivity contribution in [3.63, 3.8) is 0 Å². The normalized spacial score (nSPS) is 11.2. The largest absolute Gasteiger partial charge is 0.508 e. The summed E-state index contributed by atoms with van der Waals surface area (Å²) in [6.45, 7) is 0. The lowest BCUT2D eigenvalue weighted by molar-refractivity contribution is 0.447. The van der Waals surface area contributed by atoms with Crippen molar-refractivity contribution in [3.05, 3.63) is 65.0 Å². The third-order valence-corrected chi connectivity index (χ3v) is 2.62. The second-order valence-electron chi connectivity index (χ2n) is 4.02.